The van der Waals surface area contributed by atoms with Gasteiger partial charge in [0.25, 0.3) is 0 Å². The highest BCUT2D eigenvalue weighted by molar-refractivity contribution is 5.80. The van der Waals surface area contributed by atoms with Gasteiger partial charge in [0.15, 0.2) is 5.82 Å². The topological polar surface area (TPSA) is 50.2 Å². The highest BCUT2D eigenvalue weighted by Crippen LogP contribution is 2.17. The van der Waals surface area contributed by atoms with Crippen molar-refractivity contribution in [2.45, 2.75) is 20.3 Å². The van der Waals surface area contributed by atoms with Gasteiger partial charge >= 0.3 is 0 Å². The Hall–Kier alpha value is -2.56. The van der Waals surface area contributed by atoms with Crippen LogP contribution in [0.25, 0.3) is 0 Å². The molecule has 5 heteroatoms. The van der Waals surface area contributed by atoms with Crippen LogP contribution in [0, 0.1) is 19.7 Å². The summed E-state index contributed by atoms with van der Waals surface area (Å²) in [6, 6.07) is 6.09. The second-order valence-corrected chi connectivity index (χ2v) is 4.60. The number of hydrogen-bond acceptors (Lipinski definition) is 4. The smallest absolute Gasteiger partial charge is 0.153 e. The zero-order valence-corrected chi connectivity index (χ0v) is 12.1. The molecule has 21 heavy (non-hydrogen) atoms. The summed E-state index contributed by atoms with van der Waals surface area (Å²) in [5.41, 5.74) is 5.59. The minimum atomic E-state index is -0.268. The van der Waals surface area contributed by atoms with Crippen LogP contribution in [-0.2, 0) is 6.42 Å². The number of nitrogens with zero attached hydrogens (tertiary/aromatic N) is 3. The monoisotopic (exact) mass is 284 g/mol. The van der Waals surface area contributed by atoms with Gasteiger partial charge in [-0.05, 0) is 38.0 Å². The number of rotatable bonds is 5. The first-order valence-corrected chi connectivity index (χ1v) is 6.60. The van der Waals surface area contributed by atoms with Gasteiger partial charge in [-0.15, -0.1) is 6.58 Å². The SMILES string of the molecule is C=CCc1c(C)nc(C)nc1N/N=C/c1ccc(F)cc1. The number of benzene rings is 1. The highest BCUT2D eigenvalue weighted by atomic mass is 19.1. The number of halogens is 1. The zero-order chi connectivity index (χ0) is 15.2. The molecule has 0 amide bonds. The third kappa shape index (κ3) is 3.95. The second-order valence-electron chi connectivity index (χ2n) is 4.60. The summed E-state index contributed by atoms with van der Waals surface area (Å²) in [5.74, 6) is 1.08. The molecular weight excluding hydrogens is 267 g/mol. The molecule has 108 valence electrons. The van der Waals surface area contributed by atoms with Gasteiger partial charge in [-0.25, -0.2) is 14.4 Å². The third-order valence-corrected chi connectivity index (χ3v) is 2.93. The van der Waals surface area contributed by atoms with Crippen LogP contribution in [0.15, 0.2) is 42.0 Å². The van der Waals surface area contributed by atoms with Crippen molar-refractivity contribution < 1.29 is 4.39 Å². The van der Waals surface area contributed by atoms with E-state index < -0.39 is 0 Å². The molecule has 0 aliphatic heterocycles. The molecule has 0 saturated heterocycles. The van der Waals surface area contributed by atoms with E-state index >= 15 is 0 Å². The Balaban J connectivity index is 2.18. The third-order valence-electron chi connectivity index (χ3n) is 2.93. The zero-order valence-electron chi connectivity index (χ0n) is 12.1. The van der Waals surface area contributed by atoms with Crippen LogP contribution in [-0.4, -0.2) is 16.2 Å². The molecule has 4 nitrogen and oxygen atoms in total. The van der Waals surface area contributed by atoms with Crippen molar-refractivity contribution in [2.75, 3.05) is 5.43 Å². The maximum Gasteiger partial charge on any atom is 0.153 e. The Morgan fingerprint density at radius 2 is 1.95 bits per heavy atom. The van der Waals surface area contributed by atoms with E-state index in [1.165, 1.54) is 12.1 Å². The quantitative estimate of drug-likeness (QED) is 0.520. The molecule has 2 aromatic rings. The van der Waals surface area contributed by atoms with E-state index in [1.807, 2.05) is 13.8 Å². The number of hydrazone groups is 1. The Labute approximate surface area is 123 Å². The minimum Gasteiger partial charge on any atom is -0.261 e. The van der Waals surface area contributed by atoms with E-state index in [9.17, 15) is 4.39 Å². The molecule has 0 saturated carbocycles. The van der Waals surface area contributed by atoms with Gasteiger partial charge in [-0.2, -0.15) is 5.10 Å². The Morgan fingerprint density at radius 1 is 1.24 bits per heavy atom. The van der Waals surface area contributed by atoms with Crippen molar-refractivity contribution in [2.24, 2.45) is 5.10 Å². The lowest BCUT2D eigenvalue weighted by molar-refractivity contribution is 0.628. The van der Waals surface area contributed by atoms with Crippen molar-refractivity contribution in [3.63, 3.8) is 0 Å². The van der Waals surface area contributed by atoms with Crippen LogP contribution >= 0.6 is 0 Å². The van der Waals surface area contributed by atoms with Gasteiger partial charge in [0.05, 0.1) is 6.21 Å². The molecule has 0 aliphatic carbocycles. The van der Waals surface area contributed by atoms with Crippen molar-refractivity contribution in [3.05, 3.63) is 65.4 Å². The fourth-order valence-electron chi connectivity index (χ4n) is 1.93. The lowest BCUT2D eigenvalue weighted by Gasteiger charge is -2.09. The summed E-state index contributed by atoms with van der Waals surface area (Å²) < 4.78 is 12.8. The Morgan fingerprint density at radius 3 is 2.62 bits per heavy atom. The predicted octanol–water partition coefficient (Wildman–Crippen LogP) is 3.41. The van der Waals surface area contributed by atoms with Gasteiger partial charge in [-0.1, -0.05) is 18.2 Å². The first-order valence-electron chi connectivity index (χ1n) is 6.60. The van der Waals surface area contributed by atoms with Crippen molar-refractivity contribution >= 4 is 12.0 Å². The van der Waals surface area contributed by atoms with E-state index in [-0.39, 0.29) is 5.82 Å². The van der Waals surface area contributed by atoms with Gasteiger partial charge in [0, 0.05) is 11.3 Å². The Kier molecular flexibility index (Phi) is 4.77. The molecule has 1 aromatic carbocycles. The number of allylic oxidation sites excluding steroid dienone is 1. The summed E-state index contributed by atoms with van der Waals surface area (Å²) in [6.45, 7) is 7.51. The van der Waals surface area contributed by atoms with E-state index in [1.54, 1.807) is 24.4 Å². The Bertz CT molecular complexity index is 663. The number of nitrogens with one attached hydrogen (secondary N) is 1. The summed E-state index contributed by atoms with van der Waals surface area (Å²) in [4.78, 5) is 8.69. The lowest BCUT2D eigenvalue weighted by atomic mass is 10.1. The molecule has 0 unspecified atom stereocenters. The number of hydrogen-bond donors (Lipinski definition) is 1. The molecule has 1 N–H and O–H groups in total. The average Bonchev–Trinajstić information content (AvgIpc) is 2.44. The predicted molar refractivity (Wildman–Crippen MR) is 83.0 cm³/mol. The first-order chi connectivity index (χ1) is 10.1. The van der Waals surface area contributed by atoms with E-state index in [0.717, 1.165) is 16.8 Å². The molecule has 0 spiro atoms. The standard InChI is InChI=1S/C16H17FN4/c1-4-5-15-11(2)19-12(3)20-16(15)21-18-10-13-6-8-14(17)9-7-13/h4,6-10H,1,5H2,2-3H3,(H,19,20,21)/b18-10+. The molecule has 1 heterocycles. The van der Waals surface area contributed by atoms with E-state index in [0.29, 0.717) is 18.1 Å². The fraction of sp³-hybridized carbons (Fsp3) is 0.188. The number of aryl methyl sites for hydroxylation is 2. The molecular formula is C16H17FN4. The molecule has 0 atom stereocenters. The van der Waals surface area contributed by atoms with Crippen LogP contribution in [0.4, 0.5) is 10.2 Å². The van der Waals surface area contributed by atoms with Crippen molar-refractivity contribution in [1.82, 2.24) is 9.97 Å². The molecule has 0 fully saturated rings. The summed E-state index contributed by atoms with van der Waals surface area (Å²) in [6.07, 6.45) is 4.08. The van der Waals surface area contributed by atoms with Crippen LogP contribution < -0.4 is 5.43 Å². The highest BCUT2D eigenvalue weighted by Gasteiger charge is 2.08. The number of anilines is 1. The largest absolute Gasteiger partial charge is 0.261 e. The van der Waals surface area contributed by atoms with E-state index in [2.05, 4.69) is 27.1 Å². The van der Waals surface area contributed by atoms with Crippen LogP contribution in [0.5, 0.6) is 0 Å². The van der Waals surface area contributed by atoms with Crippen LogP contribution in [0.2, 0.25) is 0 Å². The van der Waals surface area contributed by atoms with Gasteiger partial charge < -0.3 is 0 Å². The fourth-order valence-corrected chi connectivity index (χ4v) is 1.93. The number of aromatic nitrogens is 2. The van der Waals surface area contributed by atoms with Gasteiger partial charge in [0.1, 0.15) is 11.6 Å². The summed E-state index contributed by atoms with van der Waals surface area (Å²) >= 11 is 0. The molecule has 0 aliphatic rings. The maximum absolute atomic E-state index is 12.8. The van der Waals surface area contributed by atoms with Crippen LogP contribution in [0.3, 0.4) is 0 Å². The normalized spacial score (nSPS) is 10.8. The maximum atomic E-state index is 12.8. The second kappa shape index (κ2) is 6.74. The van der Waals surface area contributed by atoms with Gasteiger partial charge in [0.2, 0.25) is 0 Å². The van der Waals surface area contributed by atoms with Crippen molar-refractivity contribution in [1.29, 1.82) is 0 Å². The molecule has 0 bridgehead atoms. The van der Waals surface area contributed by atoms with Crippen LogP contribution in [0.1, 0.15) is 22.6 Å². The lowest BCUT2D eigenvalue weighted by Crippen LogP contribution is -2.05. The molecule has 1 aromatic heterocycles. The first kappa shape index (κ1) is 14.8. The summed E-state index contributed by atoms with van der Waals surface area (Å²) in [5, 5.41) is 4.14. The molecule has 2 rings (SSSR count). The summed E-state index contributed by atoms with van der Waals surface area (Å²) in [7, 11) is 0. The van der Waals surface area contributed by atoms with Gasteiger partial charge in [-0.3, -0.25) is 5.43 Å². The van der Waals surface area contributed by atoms with E-state index in [4.69, 9.17) is 0 Å². The van der Waals surface area contributed by atoms with Crippen molar-refractivity contribution in [3.8, 4) is 0 Å². The molecule has 0 radical (unpaired) electrons. The average molecular weight is 284 g/mol. The minimum absolute atomic E-state index is 0.268.